The van der Waals surface area contributed by atoms with Crippen LogP contribution in [0.5, 0.6) is 0 Å². The molecule has 1 saturated carbocycles. The van der Waals surface area contributed by atoms with Crippen LogP contribution in [0.3, 0.4) is 0 Å². The molecular formula is C13H13BrF2N4. The average molecular weight is 343 g/mol. The highest BCUT2D eigenvalue weighted by Crippen LogP contribution is 2.39. The Hall–Kier alpha value is -1.37. The van der Waals surface area contributed by atoms with Crippen molar-refractivity contribution in [2.75, 3.05) is 0 Å². The molecule has 4 nitrogen and oxygen atoms in total. The second-order valence-corrected chi connectivity index (χ2v) is 6.03. The lowest BCUT2D eigenvalue weighted by Gasteiger charge is -2.09. The van der Waals surface area contributed by atoms with E-state index in [0.29, 0.717) is 18.7 Å². The molecule has 2 heterocycles. The maximum Gasteiger partial charge on any atom is 0.248 e. The maximum absolute atomic E-state index is 13.1. The third-order valence-electron chi connectivity index (χ3n) is 3.45. The van der Waals surface area contributed by atoms with Crippen molar-refractivity contribution in [1.82, 2.24) is 20.0 Å². The summed E-state index contributed by atoms with van der Waals surface area (Å²) in [6, 6.07) is 3.71. The van der Waals surface area contributed by atoms with Crippen LogP contribution < -0.4 is 0 Å². The summed E-state index contributed by atoms with van der Waals surface area (Å²) in [6.07, 6.45) is 3.73. The Labute approximate surface area is 123 Å². The van der Waals surface area contributed by atoms with Crippen molar-refractivity contribution in [2.24, 2.45) is 5.92 Å². The molecule has 0 radical (unpaired) electrons. The topological polar surface area (TPSA) is 43.6 Å². The largest absolute Gasteiger partial charge is 0.253 e. The zero-order valence-corrected chi connectivity index (χ0v) is 12.2. The summed E-state index contributed by atoms with van der Waals surface area (Å²) >= 11 is 3.32. The van der Waals surface area contributed by atoms with Gasteiger partial charge in [0, 0.05) is 23.5 Å². The molecule has 1 atom stereocenters. The van der Waals surface area contributed by atoms with E-state index in [-0.39, 0.29) is 18.8 Å². The van der Waals surface area contributed by atoms with E-state index in [1.54, 1.807) is 12.4 Å². The van der Waals surface area contributed by atoms with Gasteiger partial charge < -0.3 is 0 Å². The molecule has 1 fully saturated rings. The minimum absolute atomic E-state index is 0.0277. The van der Waals surface area contributed by atoms with Crippen LogP contribution >= 0.6 is 15.9 Å². The fraction of sp³-hybridized carbons (Fsp3) is 0.462. The molecule has 0 N–H and O–H groups in total. The highest BCUT2D eigenvalue weighted by atomic mass is 79.9. The Kier molecular flexibility index (Phi) is 3.54. The Balaban J connectivity index is 1.70. The minimum atomic E-state index is -2.52. The second-order valence-electron chi connectivity index (χ2n) is 5.11. The SMILES string of the molecule is FC1(F)CCC(Cn2ncc(-c3ccc(Br)cn3)n2)C1. The Morgan fingerprint density at radius 1 is 1.30 bits per heavy atom. The normalized spacial score (nSPS) is 21.2. The van der Waals surface area contributed by atoms with Crippen LogP contribution in [0.2, 0.25) is 0 Å². The first-order valence-electron chi connectivity index (χ1n) is 6.42. The fourth-order valence-electron chi connectivity index (χ4n) is 2.46. The molecule has 0 spiro atoms. The van der Waals surface area contributed by atoms with E-state index in [2.05, 4.69) is 31.1 Å². The maximum atomic E-state index is 13.1. The van der Waals surface area contributed by atoms with E-state index in [1.165, 1.54) is 4.80 Å². The highest BCUT2D eigenvalue weighted by Gasteiger charge is 2.39. The molecule has 20 heavy (non-hydrogen) atoms. The van der Waals surface area contributed by atoms with E-state index < -0.39 is 5.92 Å². The van der Waals surface area contributed by atoms with Crippen molar-refractivity contribution in [2.45, 2.75) is 31.7 Å². The molecule has 0 aromatic carbocycles. The van der Waals surface area contributed by atoms with E-state index >= 15 is 0 Å². The second kappa shape index (κ2) is 5.20. The minimum Gasteiger partial charge on any atom is -0.253 e. The molecule has 0 bridgehead atoms. The monoisotopic (exact) mass is 342 g/mol. The van der Waals surface area contributed by atoms with Gasteiger partial charge in [-0.2, -0.15) is 15.0 Å². The summed E-state index contributed by atoms with van der Waals surface area (Å²) in [4.78, 5) is 5.73. The van der Waals surface area contributed by atoms with Crippen LogP contribution in [0, 0.1) is 5.92 Å². The third kappa shape index (κ3) is 3.03. The van der Waals surface area contributed by atoms with E-state index in [1.807, 2.05) is 12.1 Å². The predicted octanol–water partition coefficient (Wildman–Crippen LogP) is 3.54. The van der Waals surface area contributed by atoms with Crippen molar-refractivity contribution in [1.29, 1.82) is 0 Å². The number of rotatable bonds is 3. The van der Waals surface area contributed by atoms with Gasteiger partial charge >= 0.3 is 0 Å². The highest BCUT2D eigenvalue weighted by molar-refractivity contribution is 9.10. The smallest absolute Gasteiger partial charge is 0.248 e. The van der Waals surface area contributed by atoms with Gasteiger partial charge in [-0.3, -0.25) is 4.98 Å². The molecule has 1 aliphatic carbocycles. The van der Waals surface area contributed by atoms with E-state index in [9.17, 15) is 8.78 Å². The van der Waals surface area contributed by atoms with Gasteiger partial charge in [-0.25, -0.2) is 8.78 Å². The number of aromatic nitrogens is 4. The molecule has 2 aromatic rings. The Bertz CT molecular complexity index is 597. The summed E-state index contributed by atoms with van der Waals surface area (Å²) in [5, 5.41) is 8.44. The molecule has 0 saturated heterocycles. The van der Waals surface area contributed by atoms with Gasteiger partial charge in [-0.15, -0.1) is 0 Å². The zero-order valence-electron chi connectivity index (χ0n) is 10.6. The molecule has 1 unspecified atom stereocenters. The molecule has 7 heteroatoms. The first-order valence-corrected chi connectivity index (χ1v) is 7.21. The first kappa shape index (κ1) is 13.6. The van der Waals surface area contributed by atoms with Gasteiger partial charge in [0.25, 0.3) is 0 Å². The van der Waals surface area contributed by atoms with Gasteiger partial charge in [-0.1, -0.05) is 0 Å². The lowest BCUT2D eigenvalue weighted by atomic mass is 10.1. The van der Waals surface area contributed by atoms with Crippen LogP contribution in [0.25, 0.3) is 11.4 Å². The number of hydrogen-bond donors (Lipinski definition) is 0. The third-order valence-corrected chi connectivity index (χ3v) is 3.92. The molecule has 2 aromatic heterocycles. The van der Waals surface area contributed by atoms with Gasteiger partial charge in [0.2, 0.25) is 5.92 Å². The average Bonchev–Trinajstić information content (AvgIpc) is 2.98. The Morgan fingerprint density at radius 2 is 2.15 bits per heavy atom. The van der Waals surface area contributed by atoms with Gasteiger partial charge in [0.15, 0.2) is 0 Å². The Morgan fingerprint density at radius 3 is 2.80 bits per heavy atom. The molecule has 0 amide bonds. The fourth-order valence-corrected chi connectivity index (χ4v) is 2.69. The predicted molar refractivity (Wildman–Crippen MR) is 73.2 cm³/mol. The summed E-state index contributed by atoms with van der Waals surface area (Å²) in [5.74, 6) is -2.57. The lowest BCUT2D eigenvalue weighted by molar-refractivity contribution is 0.00406. The number of halogens is 3. The van der Waals surface area contributed by atoms with Crippen LogP contribution in [-0.4, -0.2) is 25.9 Å². The van der Waals surface area contributed by atoms with Crippen molar-refractivity contribution in [3.8, 4) is 11.4 Å². The first-order chi connectivity index (χ1) is 9.52. The number of nitrogens with zero attached hydrogens (tertiary/aromatic N) is 4. The lowest BCUT2D eigenvalue weighted by Crippen LogP contribution is -2.14. The van der Waals surface area contributed by atoms with Gasteiger partial charge in [0.05, 0.1) is 18.4 Å². The van der Waals surface area contributed by atoms with Gasteiger partial charge in [-0.05, 0) is 40.4 Å². The number of pyridine rings is 1. The zero-order chi connectivity index (χ0) is 14.2. The van der Waals surface area contributed by atoms with Crippen LogP contribution in [0.1, 0.15) is 19.3 Å². The van der Waals surface area contributed by atoms with E-state index in [0.717, 1.165) is 10.2 Å². The summed E-state index contributed by atoms with van der Waals surface area (Å²) in [5.41, 5.74) is 1.37. The van der Waals surface area contributed by atoms with Crippen LogP contribution in [-0.2, 0) is 6.54 Å². The molecular weight excluding hydrogens is 330 g/mol. The van der Waals surface area contributed by atoms with Crippen molar-refractivity contribution in [3.05, 3.63) is 29.0 Å². The van der Waals surface area contributed by atoms with Crippen molar-refractivity contribution in [3.63, 3.8) is 0 Å². The van der Waals surface area contributed by atoms with Crippen molar-refractivity contribution < 1.29 is 8.78 Å². The summed E-state index contributed by atoms with van der Waals surface area (Å²) < 4.78 is 27.2. The van der Waals surface area contributed by atoms with Gasteiger partial charge in [0.1, 0.15) is 5.69 Å². The summed E-state index contributed by atoms with van der Waals surface area (Å²) in [6.45, 7) is 0.437. The number of alkyl halides is 2. The molecule has 0 aliphatic heterocycles. The molecule has 106 valence electrons. The number of hydrogen-bond acceptors (Lipinski definition) is 3. The van der Waals surface area contributed by atoms with Crippen LogP contribution in [0.15, 0.2) is 29.0 Å². The quantitative estimate of drug-likeness (QED) is 0.856. The summed E-state index contributed by atoms with van der Waals surface area (Å²) in [7, 11) is 0. The molecule has 3 rings (SSSR count). The standard InChI is InChI=1S/C13H13BrF2N4/c14-10-1-2-11(17-6-10)12-7-18-20(19-12)8-9-3-4-13(15,16)5-9/h1-2,6-7,9H,3-5,8H2. The molecule has 1 aliphatic rings. The van der Waals surface area contributed by atoms with Crippen molar-refractivity contribution >= 4 is 15.9 Å². The van der Waals surface area contributed by atoms with Crippen LogP contribution in [0.4, 0.5) is 8.78 Å². The van der Waals surface area contributed by atoms with E-state index in [4.69, 9.17) is 0 Å².